The van der Waals surface area contributed by atoms with Crippen molar-refractivity contribution in [2.24, 2.45) is 0 Å². The first kappa shape index (κ1) is 23.1. The van der Waals surface area contributed by atoms with Gasteiger partial charge in [-0.05, 0) is 34.4 Å². The highest BCUT2D eigenvalue weighted by Gasteiger charge is 2.28. The first-order valence-corrected chi connectivity index (χ1v) is 10.9. The molecule has 0 unspecified atom stereocenters. The summed E-state index contributed by atoms with van der Waals surface area (Å²) in [5, 5.41) is 14.3. The van der Waals surface area contributed by atoms with E-state index in [4.69, 9.17) is 16.3 Å². The smallest absolute Gasteiger partial charge is 0.407 e. The average Bonchev–Trinajstić information content (AvgIpc) is 3.14. The maximum atomic E-state index is 12.2. The molecule has 0 radical (unpaired) electrons. The number of benzene rings is 3. The van der Waals surface area contributed by atoms with Crippen LogP contribution in [0.3, 0.4) is 0 Å². The Kier molecular flexibility index (Phi) is 6.94. The Hall–Kier alpha value is -4.10. The van der Waals surface area contributed by atoms with Crippen LogP contribution in [0.5, 0.6) is 0 Å². The van der Waals surface area contributed by atoms with E-state index in [1.54, 1.807) is 0 Å². The molecule has 0 atom stereocenters. The number of hydrogen-bond acceptors (Lipinski definition) is 4. The van der Waals surface area contributed by atoms with Crippen LogP contribution in [0.4, 0.5) is 10.5 Å². The molecular formula is C26H21ClN2O5. The van der Waals surface area contributed by atoms with Crippen molar-refractivity contribution < 1.29 is 24.2 Å². The second-order valence-corrected chi connectivity index (χ2v) is 7.97. The zero-order valence-electron chi connectivity index (χ0n) is 18.0. The standard InChI is InChI=1S/C26H21ClN2O5/c27-21-11-5-12-22(24(21)25(31)32)29-23(30)13-6-14-28-26(33)34-15-20-18-9-3-1-7-16(18)17-8-2-4-10-19(17)20/h1-13,20H,14-15H2,(H,28,33)(H,29,30)(H,31,32)/b13-6+. The van der Waals surface area contributed by atoms with Gasteiger partial charge in [0.2, 0.25) is 5.91 Å². The van der Waals surface area contributed by atoms with Gasteiger partial charge in [-0.15, -0.1) is 0 Å². The van der Waals surface area contributed by atoms with Crippen molar-refractivity contribution in [3.63, 3.8) is 0 Å². The normalized spacial score (nSPS) is 12.1. The van der Waals surface area contributed by atoms with E-state index in [9.17, 15) is 19.5 Å². The molecule has 0 saturated heterocycles. The molecule has 8 heteroatoms. The molecule has 3 aromatic carbocycles. The lowest BCUT2D eigenvalue weighted by atomic mass is 9.98. The number of amides is 2. The summed E-state index contributed by atoms with van der Waals surface area (Å²) in [5.41, 5.74) is 4.42. The zero-order valence-corrected chi connectivity index (χ0v) is 18.7. The summed E-state index contributed by atoms with van der Waals surface area (Å²) in [5.74, 6) is -1.85. The Morgan fingerprint density at radius 3 is 2.24 bits per heavy atom. The lowest BCUT2D eigenvalue weighted by Crippen LogP contribution is -2.26. The number of nitrogens with one attached hydrogen (secondary N) is 2. The Bertz CT molecular complexity index is 1240. The van der Waals surface area contributed by atoms with Crippen molar-refractivity contribution in [1.29, 1.82) is 0 Å². The molecular weight excluding hydrogens is 456 g/mol. The van der Waals surface area contributed by atoms with E-state index in [2.05, 4.69) is 22.8 Å². The van der Waals surface area contributed by atoms with Crippen LogP contribution in [0.25, 0.3) is 11.1 Å². The summed E-state index contributed by atoms with van der Waals surface area (Å²) >= 11 is 5.89. The first-order chi connectivity index (χ1) is 16.5. The fraction of sp³-hybridized carbons (Fsp3) is 0.115. The van der Waals surface area contributed by atoms with Gasteiger partial charge in [0.05, 0.1) is 10.7 Å². The molecule has 7 nitrogen and oxygen atoms in total. The van der Waals surface area contributed by atoms with E-state index >= 15 is 0 Å². The predicted octanol–water partition coefficient (Wildman–Crippen LogP) is 5.07. The highest BCUT2D eigenvalue weighted by atomic mass is 35.5. The molecule has 172 valence electrons. The van der Waals surface area contributed by atoms with Gasteiger partial charge in [-0.25, -0.2) is 9.59 Å². The number of ether oxygens (including phenoxy) is 1. The van der Waals surface area contributed by atoms with Crippen molar-refractivity contribution >= 4 is 35.3 Å². The van der Waals surface area contributed by atoms with Crippen LogP contribution < -0.4 is 10.6 Å². The monoisotopic (exact) mass is 476 g/mol. The van der Waals surface area contributed by atoms with Crippen molar-refractivity contribution in [3.8, 4) is 11.1 Å². The van der Waals surface area contributed by atoms with Crippen LogP contribution in [0, 0.1) is 0 Å². The van der Waals surface area contributed by atoms with E-state index < -0.39 is 18.0 Å². The number of fused-ring (bicyclic) bond motifs is 3. The SMILES string of the molecule is O=C(/C=C/CNC(=O)OCC1c2ccccc2-c2ccccc21)Nc1cccc(Cl)c1C(=O)O. The van der Waals surface area contributed by atoms with Crippen LogP contribution in [0.1, 0.15) is 27.4 Å². The summed E-state index contributed by atoms with van der Waals surface area (Å²) in [7, 11) is 0. The number of rotatable bonds is 7. The van der Waals surface area contributed by atoms with Crippen molar-refractivity contribution in [3.05, 3.63) is 101 Å². The molecule has 0 aliphatic heterocycles. The van der Waals surface area contributed by atoms with Gasteiger partial charge in [0.15, 0.2) is 0 Å². The van der Waals surface area contributed by atoms with Gasteiger partial charge in [-0.3, -0.25) is 4.79 Å². The molecule has 4 rings (SSSR count). The van der Waals surface area contributed by atoms with Crippen LogP contribution in [-0.4, -0.2) is 36.2 Å². The maximum absolute atomic E-state index is 12.2. The summed E-state index contributed by atoms with van der Waals surface area (Å²) in [6, 6.07) is 20.5. The topological polar surface area (TPSA) is 105 Å². The number of hydrogen-bond donors (Lipinski definition) is 3. The molecule has 2 amide bonds. The van der Waals surface area contributed by atoms with Crippen LogP contribution in [0.2, 0.25) is 5.02 Å². The Balaban J connectivity index is 1.28. The summed E-state index contributed by atoms with van der Waals surface area (Å²) in [4.78, 5) is 35.6. The molecule has 34 heavy (non-hydrogen) atoms. The molecule has 0 spiro atoms. The molecule has 0 aromatic heterocycles. The van der Waals surface area contributed by atoms with E-state index in [1.807, 2.05) is 36.4 Å². The lowest BCUT2D eigenvalue weighted by Gasteiger charge is -2.14. The summed E-state index contributed by atoms with van der Waals surface area (Å²) < 4.78 is 5.43. The van der Waals surface area contributed by atoms with Gasteiger partial charge < -0.3 is 20.5 Å². The fourth-order valence-electron chi connectivity index (χ4n) is 3.98. The quantitative estimate of drug-likeness (QED) is 0.413. The second kappa shape index (κ2) is 10.2. The van der Waals surface area contributed by atoms with E-state index in [-0.39, 0.29) is 35.3 Å². The number of carbonyl (C=O) groups is 3. The second-order valence-electron chi connectivity index (χ2n) is 7.57. The van der Waals surface area contributed by atoms with Gasteiger partial charge in [0, 0.05) is 18.5 Å². The van der Waals surface area contributed by atoms with E-state index in [0.717, 1.165) is 22.3 Å². The fourth-order valence-corrected chi connectivity index (χ4v) is 4.23. The molecule has 0 fully saturated rings. The third kappa shape index (κ3) is 4.94. The zero-order chi connectivity index (χ0) is 24.1. The molecule has 3 aromatic rings. The Morgan fingerprint density at radius 1 is 0.941 bits per heavy atom. The van der Waals surface area contributed by atoms with Gasteiger partial charge in [0.25, 0.3) is 0 Å². The van der Waals surface area contributed by atoms with E-state index in [1.165, 1.54) is 30.4 Å². The third-order valence-corrected chi connectivity index (χ3v) is 5.78. The number of aromatic carboxylic acids is 1. The minimum atomic E-state index is -1.25. The number of halogens is 1. The van der Waals surface area contributed by atoms with Crippen LogP contribution >= 0.6 is 11.6 Å². The maximum Gasteiger partial charge on any atom is 0.407 e. The molecule has 3 N–H and O–H groups in total. The van der Waals surface area contributed by atoms with Crippen molar-refractivity contribution in [1.82, 2.24) is 5.32 Å². The minimum absolute atomic E-state index is 0.0196. The Labute approximate surface area is 201 Å². The summed E-state index contributed by atoms with van der Waals surface area (Å²) in [6.07, 6.45) is 2.02. The summed E-state index contributed by atoms with van der Waals surface area (Å²) in [6.45, 7) is 0.252. The van der Waals surface area contributed by atoms with Crippen LogP contribution in [0.15, 0.2) is 78.9 Å². The van der Waals surface area contributed by atoms with Crippen molar-refractivity contribution in [2.75, 3.05) is 18.5 Å². The van der Waals surface area contributed by atoms with Gasteiger partial charge in [-0.2, -0.15) is 0 Å². The highest BCUT2D eigenvalue weighted by Crippen LogP contribution is 2.44. The lowest BCUT2D eigenvalue weighted by molar-refractivity contribution is -0.111. The molecule has 1 aliphatic rings. The number of alkyl carbamates (subject to hydrolysis) is 1. The van der Waals surface area contributed by atoms with Gasteiger partial charge in [0.1, 0.15) is 12.2 Å². The number of carboxylic acids is 1. The van der Waals surface area contributed by atoms with Crippen molar-refractivity contribution in [2.45, 2.75) is 5.92 Å². The largest absolute Gasteiger partial charge is 0.478 e. The van der Waals surface area contributed by atoms with Gasteiger partial charge in [-0.1, -0.05) is 72.3 Å². The van der Waals surface area contributed by atoms with E-state index in [0.29, 0.717) is 0 Å². The third-order valence-electron chi connectivity index (χ3n) is 5.46. The first-order valence-electron chi connectivity index (χ1n) is 10.5. The van der Waals surface area contributed by atoms with Crippen LogP contribution in [-0.2, 0) is 9.53 Å². The Morgan fingerprint density at radius 2 is 1.59 bits per heavy atom. The highest BCUT2D eigenvalue weighted by molar-refractivity contribution is 6.34. The molecule has 1 aliphatic carbocycles. The number of carbonyl (C=O) groups excluding carboxylic acids is 2. The number of carboxylic acid groups (broad SMARTS) is 1. The molecule has 0 bridgehead atoms. The molecule has 0 saturated carbocycles. The number of anilines is 1. The average molecular weight is 477 g/mol. The van der Waals surface area contributed by atoms with Gasteiger partial charge >= 0.3 is 12.1 Å². The predicted molar refractivity (Wildman–Crippen MR) is 129 cm³/mol. The minimum Gasteiger partial charge on any atom is -0.478 e. The molecule has 0 heterocycles.